The highest BCUT2D eigenvalue weighted by Gasteiger charge is 2.15. The van der Waals surface area contributed by atoms with Crippen LogP contribution in [0.25, 0.3) is 17.4 Å². The van der Waals surface area contributed by atoms with Crippen LogP contribution in [-0.2, 0) is 4.79 Å². The van der Waals surface area contributed by atoms with Crippen molar-refractivity contribution in [1.29, 1.82) is 0 Å². The van der Waals surface area contributed by atoms with E-state index in [0.717, 1.165) is 4.88 Å². The maximum atomic E-state index is 12.8. The van der Waals surface area contributed by atoms with Crippen LogP contribution < -0.4 is 10.7 Å². The minimum Gasteiger partial charge on any atom is -0.455 e. The van der Waals surface area contributed by atoms with Crippen LogP contribution in [0.15, 0.2) is 93.4 Å². The monoisotopic (exact) mass is 509 g/mol. The van der Waals surface area contributed by atoms with Gasteiger partial charge in [0, 0.05) is 21.0 Å². The minimum absolute atomic E-state index is 0.0570. The number of thiophene rings is 1. The molecular weight excluding hydrogens is 493 g/mol. The van der Waals surface area contributed by atoms with E-state index in [1.807, 2.05) is 23.6 Å². The molecule has 2 heterocycles. The van der Waals surface area contributed by atoms with Crippen molar-refractivity contribution in [2.75, 3.05) is 0 Å². The summed E-state index contributed by atoms with van der Waals surface area (Å²) < 4.78 is 5.73. The summed E-state index contributed by atoms with van der Waals surface area (Å²) in [6, 6.07) is 20.8. The molecule has 0 unspecified atom stereocenters. The van der Waals surface area contributed by atoms with E-state index in [1.54, 1.807) is 60.7 Å². The number of hydrogen-bond acceptors (Lipinski definition) is 5. The highest BCUT2D eigenvalue weighted by atomic mass is 35.5. The van der Waals surface area contributed by atoms with Crippen LogP contribution in [0.5, 0.6) is 0 Å². The summed E-state index contributed by atoms with van der Waals surface area (Å²) in [7, 11) is 0. The number of hydrazone groups is 1. The number of rotatable bonds is 7. The van der Waals surface area contributed by atoms with Crippen LogP contribution in [0, 0.1) is 0 Å². The maximum absolute atomic E-state index is 12.8. The molecule has 2 N–H and O–H groups in total. The molecule has 6 nitrogen and oxygen atoms in total. The predicted molar refractivity (Wildman–Crippen MR) is 136 cm³/mol. The predicted octanol–water partition coefficient (Wildman–Crippen LogP) is 6.24. The number of nitrogens with zero attached hydrogens (tertiary/aromatic N) is 1. The first-order valence-corrected chi connectivity index (χ1v) is 11.6. The molecule has 0 atom stereocenters. The average Bonchev–Trinajstić information content (AvgIpc) is 3.51. The molecule has 2 aromatic carbocycles. The smallest absolute Gasteiger partial charge is 0.287 e. The first-order valence-electron chi connectivity index (χ1n) is 10.00. The fourth-order valence-electron chi connectivity index (χ4n) is 2.93. The van der Waals surface area contributed by atoms with Gasteiger partial charge in [-0.2, -0.15) is 5.10 Å². The molecule has 0 aliphatic carbocycles. The molecule has 0 radical (unpaired) electrons. The number of hydrogen-bond donors (Lipinski definition) is 2. The summed E-state index contributed by atoms with van der Waals surface area (Å²) in [5.74, 6) is -0.0548. The number of carbonyl (C=O) groups excluding carboxylic acids is 2. The van der Waals surface area contributed by atoms with Crippen molar-refractivity contribution >= 4 is 58.6 Å². The minimum atomic E-state index is -0.582. The topological polar surface area (TPSA) is 83.7 Å². The van der Waals surface area contributed by atoms with Crippen molar-refractivity contribution < 1.29 is 14.0 Å². The Hall–Kier alpha value is -3.65. The summed E-state index contributed by atoms with van der Waals surface area (Å²) >= 11 is 13.6. The van der Waals surface area contributed by atoms with Crippen molar-refractivity contribution in [3.63, 3.8) is 0 Å². The zero-order chi connectivity index (χ0) is 23.9. The third-order valence-corrected chi connectivity index (χ3v) is 5.91. The lowest BCUT2D eigenvalue weighted by Gasteiger charge is -2.08. The molecule has 2 aromatic heterocycles. The molecule has 0 aliphatic heterocycles. The van der Waals surface area contributed by atoms with Gasteiger partial charge in [-0.25, -0.2) is 5.43 Å². The number of carbonyl (C=O) groups is 2. The number of nitrogens with one attached hydrogen (secondary N) is 2. The third kappa shape index (κ3) is 6.02. The fraction of sp³-hybridized carbons (Fsp3) is 0. The van der Waals surface area contributed by atoms with Gasteiger partial charge >= 0.3 is 0 Å². The quantitative estimate of drug-likeness (QED) is 0.176. The number of halogens is 2. The lowest BCUT2D eigenvalue weighted by Crippen LogP contribution is -2.32. The van der Waals surface area contributed by atoms with E-state index in [1.165, 1.54) is 17.6 Å². The highest BCUT2D eigenvalue weighted by Crippen LogP contribution is 2.31. The fourth-order valence-corrected chi connectivity index (χ4v) is 4.09. The van der Waals surface area contributed by atoms with E-state index in [4.69, 9.17) is 27.6 Å². The molecule has 34 heavy (non-hydrogen) atoms. The van der Waals surface area contributed by atoms with Gasteiger partial charge in [-0.1, -0.05) is 47.5 Å². The van der Waals surface area contributed by atoms with Gasteiger partial charge in [0.05, 0.1) is 11.2 Å². The molecule has 2 amide bonds. The molecule has 4 rings (SSSR count). The van der Waals surface area contributed by atoms with Crippen molar-refractivity contribution in [2.45, 2.75) is 0 Å². The SMILES string of the molecule is O=C(N/N=C\c1ccc(-c2ccc(Cl)cc2Cl)o1)/C(=C/c1cccs1)NC(=O)c1ccccc1. The van der Waals surface area contributed by atoms with Crippen LogP contribution >= 0.6 is 34.5 Å². The molecule has 4 aromatic rings. The Morgan fingerprint density at radius 1 is 0.971 bits per heavy atom. The van der Waals surface area contributed by atoms with E-state index in [2.05, 4.69) is 15.8 Å². The van der Waals surface area contributed by atoms with Crippen molar-refractivity contribution in [3.05, 3.63) is 110 Å². The van der Waals surface area contributed by atoms with Gasteiger partial charge in [0.1, 0.15) is 17.2 Å². The van der Waals surface area contributed by atoms with Gasteiger partial charge in [-0.05, 0) is 60.0 Å². The Morgan fingerprint density at radius 2 is 1.79 bits per heavy atom. The molecule has 170 valence electrons. The molecule has 0 fully saturated rings. The van der Waals surface area contributed by atoms with Crippen LogP contribution in [0.3, 0.4) is 0 Å². The molecule has 0 saturated heterocycles. The van der Waals surface area contributed by atoms with Gasteiger partial charge in [-0.15, -0.1) is 11.3 Å². The molecule has 9 heteroatoms. The highest BCUT2D eigenvalue weighted by molar-refractivity contribution is 7.10. The van der Waals surface area contributed by atoms with Gasteiger partial charge < -0.3 is 9.73 Å². The summed E-state index contributed by atoms with van der Waals surface area (Å²) in [5, 5.41) is 9.46. The summed E-state index contributed by atoms with van der Waals surface area (Å²) in [6.45, 7) is 0. The largest absolute Gasteiger partial charge is 0.455 e. The van der Waals surface area contributed by atoms with E-state index in [9.17, 15) is 9.59 Å². The standard InChI is InChI=1S/C25H17Cl2N3O3S/c26-17-8-10-20(21(27)13-17)23-11-9-18(33-23)15-28-30-25(32)22(14-19-7-4-12-34-19)29-24(31)16-5-2-1-3-6-16/h1-15H,(H,29,31)(H,30,32)/b22-14-,28-15-. The Labute approximate surface area is 209 Å². The Bertz CT molecular complexity index is 1360. The second kappa shape index (κ2) is 11.0. The lowest BCUT2D eigenvalue weighted by atomic mass is 10.2. The first-order chi connectivity index (χ1) is 16.5. The van der Waals surface area contributed by atoms with Gasteiger partial charge in [0.25, 0.3) is 11.8 Å². The average molecular weight is 510 g/mol. The summed E-state index contributed by atoms with van der Waals surface area (Å²) in [6.07, 6.45) is 2.94. The summed E-state index contributed by atoms with van der Waals surface area (Å²) in [4.78, 5) is 26.1. The number of furan rings is 1. The second-order valence-electron chi connectivity index (χ2n) is 6.92. The summed E-state index contributed by atoms with van der Waals surface area (Å²) in [5.41, 5.74) is 3.58. The van der Waals surface area contributed by atoms with Gasteiger partial charge in [0.2, 0.25) is 0 Å². The number of amides is 2. The third-order valence-electron chi connectivity index (χ3n) is 4.54. The van der Waals surface area contributed by atoms with Crippen molar-refractivity contribution in [1.82, 2.24) is 10.7 Å². The number of benzene rings is 2. The van der Waals surface area contributed by atoms with Crippen molar-refractivity contribution in [2.24, 2.45) is 5.10 Å². The molecule has 0 aliphatic rings. The molecular formula is C25H17Cl2N3O3S. The Balaban J connectivity index is 1.46. The lowest BCUT2D eigenvalue weighted by molar-refractivity contribution is -0.117. The van der Waals surface area contributed by atoms with Crippen molar-refractivity contribution in [3.8, 4) is 11.3 Å². The molecule has 0 bridgehead atoms. The zero-order valence-electron chi connectivity index (χ0n) is 17.5. The van der Waals surface area contributed by atoms with E-state index in [0.29, 0.717) is 32.7 Å². The second-order valence-corrected chi connectivity index (χ2v) is 8.74. The molecule has 0 saturated carbocycles. The molecule has 0 spiro atoms. The van der Waals surface area contributed by atoms with Crippen LogP contribution in [-0.4, -0.2) is 18.0 Å². The Morgan fingerprint density at radius 3 is 2.53 bits per heavy atom. The first kappa shape index (κ1) is 23.5. The van der Waals surface area contributed by atoms with Crippen LogP contribution in [0.4, 0.5) is 0 Å². The van der Waals surface area contributed by atoms with Crippen LogP contribution in [0.2, 0.25) is 10.0 Å². The maximum Gasteiger partial charge on any atom is 0.287 e. The van der Waals surface area contributed by atoms with Gasteiger partial charge in [0.15, 0.2) is 0 Å². The zero-order valence-corrected chi connectivity index (χ0v) is 19.8. The normalized spacial score (nSPS) is 11.5. The van der Waals surface area contributed by atoms with Gasteiger partial charge in [-0.3, -0.25) is 9.59 Å². The Kier molecular flexibility index (Phi) is 7.59. The van der Waals surface area contributed by atoms with E-state index < -0.39 is 11.8 Å². The van der Waals surface area contributed by atoms with Crippen LogP contribution in [0.1, 0.15) is 21.0 Å². The van der Waals surface area contributed by atoms with E-state index >= 15 is 0 Å². The van der Waals surface area contributed by atoms with E-state index in [-0.39, 0.29) is 5.70 Å².